The van der Waals surface area contributed by atoms with E-state index < -0.39 is 38.8 Å². The molecule has 0 aromatic rings. The normalized spacial score (nSPS) is 23.5. The summed E-state index contributed by atoms with van der Waals surface area (Å²) < 4.78 is 24.5. The topological polar surface area (TPSA) is 106 Å². The van der Waals surface area contributed by atoms with Gasteiger partial charge in [-0.05, 0) is 37.4 Å². The van der Waals surface area contributed by atoms with Gasteiger partial charge in [-0.3, -0.25) is 4.79 Å². The minimum atomic E-state index is -2.29. The molecule has 0 aliphatic carbocycles. The van der Waals surface area contributed by atoms with Gasteiger partial charge < -0.3 is 34.2 Å². The average Bonchev–Trinajstić information content (AvgIpc) is 2.96. The highest BCUT2D eigenvalue weighted by atomic mass is 28.4. The van der Waals surface area contributed by atoms with Gasteiger partial charge in [0.1, 0.15) is 12.2 Å². The Morgan fingerprint density at radius 1 is 0.909 bits per heavy atom. The van der Waals surface area contributed by atoms with E-state index in [0.717, 1.165) is 13.0 Å². The van der Waals surface area contributed by atoms with Gasteiger partial charge in [0.15, 0.2) is 8.32 Å². The Balaban J connectivity index is 2.42. The monoisotopic (exact) mass is 645 g/mol. The number of unbranched alkanes of at least 4 members (excludes halogenated alkanes) is 13. The third kappa shape index (κ3) is 16.3. The van der Waals surface area contributed by atoms with E-state index in [1.165, 1.54) is 90.4 Å². The summed E-state index contributed by atoms with van der Waals surface area (Å²) in [5.41, 5.74) is 0. The summed E-state index contributed by atoms with van der Waals surface area (Å²) >= 11 is 0. The number of rotatable bonds is 25. The zero-order valence-electron chi connectivity index (χ0n) is 29.8. The standard InChI is InChI=1S/C35H71NO7Si/c1-9-10-11-12-13-14-15-16-17-18-19-20-21-22-25-41-27-29(40-6)23-24-30-32(36-28(2)38)34(33(39)31(26-37)42-30)43-44(7,8)35(3,4)5/h29-34,37,39H,9-27H2,1-8H3,(H,36,38)/t29-,30-,31?,32?,33-,34+/m0/s1. The van der Waals surface area contributed by atoms with Crippen molar-refractivity contribution < 1.29 is 33.6 Å². The Hall–Kier alpha value is -0.553. The van der Waals surface area contributed by atoms with Crippen molar-refractivity contribution >= 4 is 14.2 Å². The zero-order valence-corrected chi connectivity index (χ0v) is 30.8. The lowest BCUT2D eigenvalue weighted by Crippen LogP contribution is -2.67. The molecule has 6 atom stereocenters. The molecule has 1 amide bonds. The number of aliphatic hydroxyl groups excluding tert-OH is 2. The van der Waals surface area contributed by atoms with Crippen LogP contribution in [0.15, 0.2) is 0 Å². The van der Waals surface area contributed by atoms with Crippen LogP contribution < -0.4 is 5.32 Å². The van der Waals surface area contributed by atoms with Gasteiger partial charge in [0.2, 0.25) is 5.91 Å². The molecule has 0 aromatic heterocycles. The highest BCUT2D eigenvalue weighted by Crippen LogP contribution is 2.40. The molecule has 0 aromatic carbocycles. The summed E-state index contributed by atoms with van der Waals surface area (Å²) in [6, 6.07) is -0.534. The maximum absolute atomic E-state index is 12.2. The number of hydrogen-bond acceptors (Lipinski definition) is 7. The van der Waals surface area contributed by atoms with E-state index in [1.807, 2.05) is 0 Å². The SMILES string of the molecule is CCCCCCCCCCCCCCCCOC[C@H](CC[C@@H]1OC(CO)[C@H](O)[C@H](O[Si](C)(C)C(C)(C)C)C1NC(C)=O)OC. The first-order valence-electron chi connectivity index (χ1n) is 17.9. The Kier molecular flexibility index (Phi) is 21.6. The quantitative estimate of drug-likeness (QED) is 0.0707. The van der Waals surface area contributed by atoms with Crippen LogP contribution in [-0.4, -0.2) is 87.9 Å². The molecule has 1 heterocycles. The van der Waals surface area contributed by atoms with Gasteiger partial charge in [-0.1, -0.05) is 111 Å². The van der Waals surface area contributed by atoms with Crippen LogP contribution in [0.25, 0.3) is 0 Å². The molecule has 262 valence electrons. The molecule has 9 heteroatoms. The van der Waals surface area contributed by atoms with E-state index >= 15 is 0 Å². The molecular formula is C35H71NO7Si. The highest BCUT2D eigenvalue weighted by Gasteiger charge is 2.50. The summed E-state index contributed by atoms with van der Waals surface area (Å²) in [6.45, 7) is 15.3. The van der Waals surface area contributed by atoms with Gasteiger partial charge in [0.05, 0.1) is 37.6 Å². The fraction of sp³-hybridized carbons (Fsp3) is 0.971. The van der Waals surface area contributed by atoms with E-state index in [9.17, 15) is 15.0 Å². The van der Waals surface area contributed by atoms with Gasteiger partial charge >= 0.3 is 0 Å². The Morgan fingerprint density at radius 3 is 1.89 bits per heavy atom. The van der Waals surface area contributed by atoms with Gasteiger partial charge in [0, 0.05) is 20.6 Å². The number of aliphatic hydroxyl groups is 2. The summed E-state index contributed by atoms with van der Waals surface area (Å²) in [6.07, 6.45) is 16.9. The summed E-state index contributed by atoms with van der Waals surface area (Å²) in [5, 5.41) is 24.0. The maximum Gasteiger partial charge on any atom is 0.217 e. The smallest absolute Gasteiger partial charge is 0.217 e. The van der Waals surface area contributed by atoms with Crippen LogP contribution in [0, 0.1) is 0 Å². The average molecular weight is 646 g/mol. The van der Waals surface area contributed by atoms with Gasteiger partial charge in [-0.2, -0.15) is 0 Å². The maximum atomic E-state index is 12.2. The van der Waals surface area contributed by atoms with E-state index in [1.54, 1.807) is 7.11 Å². The van der Waals surface area contributed by atoms with Crippen molar-refractivity contribution in [1.82, 2.24) is 5.32 Å². The third-order valence-corrected chi connectivity index (χ3v) is 14.1. The lowest BCUT2D eigenvalue weighted by atomic mass is 9.90. The number of carbonyl (C=O) groups is 1. The Labute approximate surface area is 271 Å². The van der Waals surface area contributed by atoms with Crippen molar-refractivity contribution in [3.05, 3.63) is 0 Å². The number of nitrogens with one attached hydrogen (secondary N) is 1. The van der Waals surface area contributed by atoms with E-state index in [0.29, 0.717) is 19.4 Å². The van der Waals surface area contributed by atoms with Crippen LogP contribution in [0.4, 0.5) is 0 Å². The molecule has 3 N–H and O–H groups in total. The zero-order chi connectivity index (χ0) is 33.0. The highest BCUT2D eigenvalue weighted by molar-refractivity contribution is 6.74. The molecule has 2 unspecified atom stereocenters. The molecule has 1 rings (SSSR count). The van der Waals surface area contributed by atoms with E-state index in [2.05, 4.69) is 46.1 Å². The van der Waals surface area contributed by atoms with Crippen LogP contribution in [0.3, 0.4) is 0 Å². The minimum absolute atomic E-state index is 0.0819. The molecule has 44 heavy (non-hydrogen) atoms. The van der Waals surface area contributed by atoms with Crippen molar-refractivity contribution in [2.45, 2.75) is 192 Å². The van der Waals surface area contributed by atoms with Crippen LogP contribution in [-0.2, 0) is 23.4 Å². The number of carbonyl (C=O) groups excluding carboxylic acids is 1. The molecule has 0 spiro atoms. The minimum Gasteiger partial charge on any atom is -0.409 e. The van der Waals surface area contributed by atoms with Gasteiger partial charge in [0.25, 0.3) is 0 Å². The summed E-state index contributed by atoms with van der Waals surface area (Å²) in [5.74, 6) is -0.207. The summed E-state index contributed by atoms with van der Waals surface area (Å²) in [4.78, 5) is 12.2. The lowest BCUT2D eigenvalue weighted by Gasteiger charge is -2.49. The second-order valence-electron chi connectivity index (χ2n) is 14.6. The van der Waals surface area contributed by atoms with Crippen molar-refractivity contribution in [3.63, 3.8) is 0 Å². The Bertz CT molecular complexity index is 732. The molecule has 0 bridgehead atoms. The van der Waals surface area contributed by atoms with Crippen LogP contribution in [0.5, 0.6) is 0 Å². The molecule has 0 saturated carbocycles. The number of ether oxygens (including phenoxy) is 3. The Morgan fingerprint density at radius 2 is 1.43 bits per heavy atom. The van der Waals surface area contributed by atoms with Crippen LogP contribution in [0.2, 0.25) is 18.1 Å². The van der Waals surface area contributed by atoms with Gasteiger partial charge in [-0.15, -0.1) is 0 Å². The molecule has 1 saturated heterocycles. The second kappa shape index (κ2) is 22.9. The first-order valence-corrected chi connectivity index (χ1v) is 20.8. The van der Waals surface area contributed by atoms with Gasteiger partial charge in [-0.25, -0.2) is 0 Å². The molecule has 8 nitrogen and oxygen atoms in total. The largest absolute Gasteiger partial charge is 0.409 e. The van der Waals surface area contributed by atoms with E-state index in [4.69, 9.17) is 18.6 Å². The van der Waals surface area contributed by atoms with Crippen molar-refractivity contribution in [3.8, 4) is 0 Å². The van der Waals surface area contributed by atoms with Crippen molar-refractivity contribution in [2.75, 3.05) is 26.9 Å². The molecule has 1 aliphatic heterocycles. The molecule has 1 aliphatic rings. The fourth-order valence-electron chi connectivity index (χ4n) is 5.73. The first-order chi connectivity index (χ1) is 20.9. The number of methoxy groups -OCH3 is 1. The molecular weight excluding hydrogens is 574 g/mol. The van der Waals surface area contributed by atoms with E-state index in [-0.39, 0.29) is 23.7 Å². The van der Waals surface area contributed by atoms with Crippen molar-refractivity contribution in [2.24, 2.45) is 0 Å². The summed E-state index contributed by atoms with van der Waals surface area (Å²) in [7, 11) is -0.601. The lowest BCUT2D eigenvalue weighted by molar-refractivity contribution is -0.194. The fourth-order valence-corrected chi connectivity index (χ4v) is 7.05. The van der Waals surface area contributed by atoms with Crippen LogP contribution >= 0.6 is 0 Å². The van der Waals surface area contributed by atoms with Crippen LogP contribution in [0.1, 0.15) is 137 Å². The molecule has 0 radical (unpaired) electrons. The predicted molar refractivity (Wildman–Crippen MR) is 183 cm³/mol. The predicted octanol–water partition coefficient (Wildman–Crippen LogP) is 7.30. The third-order valence-electron chi connectivity index (χ3n) is 9.66. The van der Waals surface area contributed by atoms with Crippen molar-refractivity contribution in [1.29, 1.82) is 0 Å². The molecule has 1 fully saturated rings. The number of hydrogen-bond donors (Lipinski definition) is 3. The first kappa shape index (κ1) is 41.5. The number of amides is 1. The second-order valence-corrected chi connectivity index (χ2v) is 19.3.